The Morgan fingerprint density at radius 1 is 1.21 bits per heavy atom. The third kappa shape index (κ3) is 3.41. The summed E-state index contributed by atoms with van der Waals surface area (Å²) in [6, 6.07) is 4.05. The van der Waals surface area contributed by atoms with Gasteiger partial charge in [0.15, 0.2) is 9.84 Å². The van der Waals surface area contributed by atoms with Crippen molar-refractivity contribution >= 4 is 39.0 Å². The smallest absolute Gasteiger partial charge is 0.309 e. The summed E-state index contributed by atoms with van der Waals surface area (Å²) in [5, 5.41) is -0.493. The van der Waals surface area contributed by atoms with Crippen LogP contribution >= 0.6 is 23.2 Å². The average Bonchev–Trinajstić information content (AvgIpc) is 2.38. The van der Waals surface area contributed by atoms with Gasteiger partial charge in [-0.25, -0.2) is 8.42 Å². The summed E-state index contributed by atoms with van der Waals surface area (Å²) < 4.78 is 29.3. The highest BCUT2D eigenvalue weighted by molar-refractivity contribution is 7.92. The number of benzene rings is 1. The predicted octanol–water partition coefficient (Wildman–Crippen LogP) is 2.96. The number of rotatable bonds is 4. The van der Waals surface area contributed by atoms with E-state index in [-0.39, 0.29) is 14.9 Å². The lowest BCUT2D eigenvalue weighted by Gasteiger charge is -2.18. The number of hydrogen-bond donors (Lipinski definition) is 0. The minimum atomic E-state index is -3.68. The molecular formula is C12H14Cl2O4S. The van der Waals surface area contributed by atoms with Gasteiger partial charge in [-0.1, -0.05) is 30.1 Å². The molecule has 0 amide bonds. The second-order valence-electron chi connectivity index (χ2n) is 4.14. The van der Waals surface area contributed by atoms with Gasteiger partial charge in [-0.3, -0.25) is 4.79 Å². The molecule has 4 nitrogen and oxygen atoms in total. The van der Waals surface area contributed by atoms with Gasteiger partial charge in [-0.2, -0.15) is 0 Å². The molecule has 0 aliphatic rings. The predicted molar refractivity (Wildman–Crippen MR) is 74.3 cm³/mol. The number of halogens is 2. The van der Waals surface area contributed by atoms with E-state index in [1.165, 1.54) is 39.2 Å². The van der Waals surface area contributed by atoms with Crippen molar-refractivity contribution in [2.45, 2.75) is 24.0 Å². The quantitative estimate of drug-likeness (QED) is 0.799. The van der Waals surface area contributed by atoms with Crippen LogP contribution in [-0.4, -0.2) is 26.7 Å². The van der Waals surface area contributed by atoms with Gasteiger partial charge in [0, 0.05) is 0 Å². The number of carbonyl (C=O) groups is 1. The van der Waals surface area contributed by atoms with Gasteiger partial charge in [-0.15, -0.1) is 0 Å². The Morgan fingerprint density at radius 2 is 1.79 bits per heavy atom. The minimum Gasteiger partial charge on any atom is -0.469 e. The lowest BCUT2D eigenvalue weighted by molar-refractivity contribution is -0.144. The van der Waals surface area contributed by atoms with Crippen LogP contribution in [0.15, 0.2) is 23.1 Å². The Kier molecular flexibility index (Phi) is 5.24. The van der Waals surface area contributed by atoms with Crippen molar-refractivity contribution < 1.29 is 17.9 Å². The molecular weight excluding hydrogens is 311 g/mol. The average molecular weight is 325 g/mol. The monoisotopic (exact) mass is 324 g/mol. The fraction of sp³-hybridized carbons (Fsp3) is 0.417. The van der Waals surface area contributed by atoms with Gasteiger partial charge in [0.1, 0.15) is 0 Å². The zero-order valence-electron chi connectivity index (χ0n) is 10.7. The molecule has 0 saturated carbocycles. The highest BCUT2D eigenvalue weighted by Gasteiger charge is 2.33. The molecule has 0 aliphatic heterocycles. The van der Waals surface area contributed by atoms with Crippen LogP contribution in [0.3, 0.4) is 0 Å². The summed E-state index contributed by atoms with van der Waals surface area (Å²) >= 11 is 11.6. The van der Waals surface area contributed by atoms with Gasteiger partial charge < -0.3 is 4.74 Å². The van der Waals surface area contributed by atoms with E-state index in [9.17, 15) is 13.2 Å². The lowest BCUT2D eigenvalue weighted by Crippen LogP contribution is -2.31. The van der Waals surface area contributed by atoms with Crippen LogP contribution in [0.1, 0.15) is 13.8 Å². The van der Waals surface area contributed by atoms with Crippen LogP contribution in [0, 0.1) is 5.92 Å². The number of esters is 1. The van der Waals surface area contributed by atoms with Crippen molar-refractivity contribution in [2.24, 2.45) is 5.92 Å². The van der Waals surface area contributed by atoms with E-state index in [2.05, 4.69) is 4.74 Å². The summed E-state index contributed by atoms with van der Waals surface area (Å²) in [7, 11) is -2.46. The standard InChI is InChI=1S/C12H14Cl2O4S/c1-7(12(15)18-3)8(2)19(16,17)9-4-5-10(13)11(14)6-9/h4-8H,1-3H3. The number of ether oxygens (including phenoxy) is 1. The van der Waals surface area contributed by atoms with Crippen LogP contribution in [-0.2, 0) is 19.4 Å². The minimum absolute atomic E-state index is 0.0325. The zero-order chi connectivity index (χ0) is 14.8. The maximum Gasteiger partial charge on any atom is 0.309 e. The first-order chi connectivity index (χ1) is 8.71. The Balaban J connectivity index is 3.16. The summed E-state index contributed by atoms with van der Waals surface area (Å²) in [5.74, 6) is -1.35. The SMILES string of the molecule is COC(=O)C(C)C(C)S(=O)(=O)c1ccc(Cl)c(Cl)c1. The molecule has 0 radical (unpaired) electrons. The fourth-order valence-electron chi connectivity index (χ4n) is 1.51. The summed E-state index contributed by atoms with van der Waals surface area (Å²) in [6.45, 7) is 2.96. The molecule has 0 heterocycles. The Labute approximate surface area is 122 Å². The van der Waals surface area contributed by atoms with Crippen molar-refractivity contribution in [2.75, 3.05) is 7.11 Å². The van der Waals surface area contributed by atoms with Crippen molar-refractivity contribution in [3.05, 3.63) is 28.2 Å². The van der Waals surface area contributed by atoms with Crippen molar-refractivity contribution in [3.8, 4) is 0 Å². The molecule has 0 N–H and O–H groups in total. The van der Waals surface area contributed by atoms with E-state index in [0.29, 0.717) is 0 Å². The molecule has 0 saturated heterocycles. The third-order valence-electron chi connectivity index (χ3n) is 2.99. The Bertz CT molecular complexity index is 583. The molecule has 2 atom stereocenters. The van der Waals surface area contributed by atoms with E-state index in [4.69, 9.17) is 23.2 Å². The molecule has 0 aliphatic carbocycles. The van der Waals surface area contributed by atoms with Gasteiger partial charge in [-0.05, 0) is 25.1 Å². The first kappa shape index (κ1) is 16.3. The van der Waals surface area contributed by atoms with Gasteiger partial charge in [0.05, 0.1) is 33.2 Å². The van der Waals surface area contributed by atoms with Crippen LogP contribution in [0.25, 0.3) is 0 Å². The molecule has 0 fully saturated rings. The largest absolute Gasteiger partial charge is 0.469 e. The molecule has 7 heteroatoms. The molecule has 106 valence electrons. The Hall–Kier alpha value is -0.780. The third-order valence-corrected chi connectivity index (χ3v) is 6.02. The number of hydrogen-bond acceptors (Lipinski definition) is 4. The zero-order valence-corrected chi connectivity index (χ0v) is 13.0. The van der Waals surface area contributed by atoms with Gasteiger partial charge in [0.25, 0.3) is 0 Å². The molecule has 1 aromatic rings. The van der Waals surface area contributed by atoms with E-state index in [0.717, 1.165) is 0 Å². The molecule has 0 aromatic heterocycles. The second kappa shape index (κ2) is 6.11. The van der Waals surface area contributed by atoms with E-state index >= 15 is 0 Å². The highest BCUT2D eigenvalue weighted by atomic mass is 35.5. The van der Waals surface area contributed by atoms with Crippen LogP contribution in [0.5, 0.6) is 0 Å². The summed E-state index contributed by atoms with van der Waals surface area (Å²) in [4.78, 5) is 11.5. The number of methoxy groups -OCH3 is 1. The van der Waals surface area contributed by atoms with Crippen LogP contribution in [0.4, 0.5) is 0 Å². The second-order valence-corrected chi connectivity index (χ2v) is 7.26. The topological polar surface area (TPSA) is 60.4 Å². The molecule has 1 aromatic carbocycles. The maximum atomic E-state index is 12.3. The van der Waals surface area contributed by atoms with E-state index in [1.54, 1.807) is 0 Å². The Morgan fingerprint density at radius 3 is 2.26 bits per heavy atom. The molecule has 19 heavy (non-hydrogen) atoms. The first-order valence-corrected chi connectivity index (χ1v) is 7.78. The van der Waals surface area contributed by atoms with Gasteiger partial charge in [0.2, 0.25) is 0 Å². The normalized spacial score (nSPS) is 14.8. The summed E-state index contributed by atoms with van der Waals surface area (Å²) in [5.41, 5.74) is 0. The van der Waals surface area contributed by atoms with Gasteiger partial charge >= 0.3 is 5.97 Å². The fourth-order valence-corrected chi connectivity index (χ4v) is 3.50. The molecule has 1 rings (SSSR count). The highest BCUT2D eigenvalue weighted by Crippen LogP contribution is 2.28. The molecule has 2 unspecified atom stereocenters. The maximum absolute atomic E-state index is 12.3. The van der Waals surface area contributed by atoms with E-state index < -0.39 is 27.0 Å². The number of carbonyl (C=O) groups excluding carboxylic acids is 1. The first-order valence-electron chi connectivity index (χ1n) is 5.48. The molecule has 0 spiro atoms. The van der Waals surface area contributed by atoms with Crippen molar-refractivity contribution in [1.82, 2.24) is 0 Å². The van der Waals surface area contributed by atoms with Crippen molar-refractivity contribution in [3.63, 3.8) is 0 Å². The van der Waals surface area contributed by atoms with E-state index in [1.807, 2.05) is 0 Å². The molecule has 0 bridgehead atoms. The van der Waals surface area contributed by atoms with Crippen LogP contribution in [0.2, 0.25) is 10.0 Å². The van der Waals surface area contributed by atoms with Crippen molar-refractivity contribution in [1.29, 1.82) is 0 Å². The van der Waals surface area contributed by atoms with Crippen LogP contribution < -0.4 is 0 Å². The lowest BCUT2D eigenvalue weighted by atomic mass is 10.1. The summed E-state index contributed by atoms with van der Waals surface area (Å²) in [6.07, 6.45) is 0. The number of sulfone groups is 1.